The average molecular weight is 408 g/mol. The topological polar surface area (TPSA) is 71.1 Å². The molecule has 0 saturated heterocycles. The van der Waals surface area contributed by atoms with Gasteiger partial charge in [0.15, 0.2) is 10.5 Å². The lowest BCUT2D eigenvalue weighted by atomic mass is 10.1. The SMILES string of the molecule is COc1ccc(-c2c([O-])[n+](C)c3n(c2=O)[C@@H](c2cnc(Cl)s2)CS3)cc1. The summed E-state index contributed by atoms with van der Waals surface area (Å²) in [7, 11) is 3.26. The van der Waals surface area contributed by atoms with Gasteiger partial charge in [-0.3, -0.25) is 0 Å². The molecule has 9 heteroatoms. The van der Waals surface area contributed by atoms with Crippen molar-refractivity contribution >= 4 is 34.7 Å². The van der Waals surface area contributed by atoms with Crippen LogP contribution < -0.4 is 20.0 Å². The maximum Gasteiger partial charge on any atom is 0.345 e. The maximum atomic E-state index is 13.2. The summed E-state index contributed by atoms with van der Waals surface area (Å²) in [6.07, 6.45) is 1.69. The standard InChI is InChI=1S/C17H14ClN3O3S2/c1-20-14(22)13(9-3-5-10(24-2)6-4-9)15(23)21-11(8-25-17(20)21)12-7-19-16(18)26-12/h3-7,11H,8H2,1-2H3/t11-/m1/s1. The van der Waals surface area contributed by atoms with Gasteiger partial charge in [0.25, 0.3) is 0 Å². The highest BCUT2D eigenvalue weighted by molar-refractivity contribution is 7.99. The van der Waals surface area contributed by atoms with Crippen molar-refractivity contribution in [3.8, 4) is 22.8 Å². The third-order valence-corrected chi connectivity index (χ3v) is 6.76. The molecule has 0 aliphatic carbocycles. The molecule has 2 aromatic heterocycles. The van der Waals surface area contributed by atoms with Crippen LogP contribution in [0.5, 0.6) is 11.6 Å². The van der Waals surface area contributed by atoms with Crippen molar-refractivity contribution in [3.63, 3.8) is 0 Å². The minimum absolute atomic E-state index is 0.155. The van der Waals surface area contributed by atoms with E-state index >= 15 is 0 Å². The summed E-state index contributed by atoms with van der Waals surface area (Å²) < 4.78 is 8.80. The van der Waals surface area contributed by atoms with Gasteiger partial charge in [-0.25, -0.2) is 14.3 Å². The van der Waals surface area contributed by atoms with Gasteiger partial charge in [0.2, 0.25) is 0 Å². The second-order valence-corrected chi connectivity index (χ2v) is 8.40. The van der Waals surface area contributed by atoms with Crippen molar-refractivity contribution in [2.24, 2.45) is 7.05 Å². The Morgan fingerprint density at radius 1 is 1.38 bits per heavy atom. The Kier molecular flexibility index (Phi) is 4.42. The molecular weight excluding hydrogens is 394 g/mol. The summed E-state index contributed by atoms with van der Waals surface area (Å²) in [5.74, 6) is 1.02. The maximum absolute atomic E-state index is 13.2. The molecular formula is C17H14ClN3O3S2. The highest BCUT2D eigenvalue weighted by Gasteiger charge is 2.37. The minimum atomic E-state index is -0.304. The van der Waals surface area contributed by atoms with Gasteiger partial charge in [-0.15, -0.1) is 11.3 Å². The predicted molar refractivity (Wildman–Crippen MR) is 99.3 cm³/mol. The van der Waals surface area contributed by atoms with Crippen molar-refractivity contribution in [1.82, 2.24) is 9.55 Å². The third kappa shape index (κ3) is 2.69. The van der Waals surface area contributed by atoms with Gasteiger partial charge in [0, 0.05) is 6.20 Å². The predicted octanol–water partition coefficient (Wildman–Crippen LogP) is 2.23. The molecule has 0 bridgehead atoms. The van der Waals surface area contributed by atoms with Crippen molar-refractivity contribution in [2.75, 3.05) is 12.9 Å². The number of hydrogen-bond acceptors (Lipinski definition) is 6. The lowest BCUT2D eigenvalue weighted by molar-refractivity contribution is -0.751. The van der Waals surface area contributed by atoms with Crippen LogP contribution in [0.15, 0.2) is 40.4 Å². The van der Waals surface area contributed by atoms with Gasteiger partial charge in [0.1, 0.15) is 11.3 Å². The molecule has 3 aromatic rings. The Labute approximate surface area is 162 Å². The summed E-state index contributed by atoms with van der Waals surface area (Å²) in [4.78, 5) is 18.2. The van der Waals surface area contributed by atoms with Crippen LogP contribution in [0.3, 0.4) is 0 Å². The lowest BCUT2D eigenvalue weighted by Gasteiger charge is -2.16. The first-order valence-electron chi connectivity index (χ1n) is 7.75. The number of halogens is 1. The Morgan fingerprint density at radius 2 is 2.12 bits per heavy atom. The van der Waals surface area contributed by atoms with E-state index in [1.807, 2.05) is 0 Å². The number of thioether (sulfide) groups is 1. The van der Waals surface area contributed by atoms with Crippen LogP contribution in [0.25, 0.3) is 11.1 Å². The zero-order valence-corrected chi connectivity index (χ0v) is 16.3. The highest BCUT2D eigenvalue weighted by Crippen LogP contribution is 2.38. The number of ether oxygens (including phenoxy) is 1. The van der Waals surface area contributed by atoms with Crippen LogP contribution in [0.4, 0.5) is 0 Å². The number of nitrogens with zero attached hydrogens (tertiary/aromatic N) is 3. The van der Waals surface area contributed by atoms with Crippen molar-refractivity contribution in [3.05, 3.63) is 50.2 Å². The van der Waals surface area contributed by atoms with E-state index in [1.165, 1.54) is 27.7 Å². The molecule has 1 aliphatic rings. The molecule has 0 radical (unpaired) electrons. The third-order valence-electron chi connectivity index (χ3n) is 4.33. The smallest absolute Gasteiger partial charge is 0.345 e. The summed E-state index contributed by atoms with van der Waals surface area (Å²) in [6.45, 7) is 0. The molecule has 0 fully saturated rings. The van der Waals surface area contributed by atoms with Crippen LogP contribution in [0, 0.1) is 0 Å². The Balaban J connectivity index is 1.92. The number of fused-ring (bicyclic) bond motifs is 1. The zero-order chi connectivity index (χ0) is 18.4. The Hall–Kier alpha value is -2.03. The second kappa shape index (κ2) is 6.61. The van der Waals surface area contributed by atoms with E-state index in [2.05, 4.69) is 4.98 Å². The highest BCUT2D eigenvalue weighted by atomic mass is 35.5. The number of methoxy groups -OCH3 is 1. The molecule has 1 aliphatic heterocycles. The van der Waals surface area contributed by atoms with Gasteiger partial charge < -0.3 is 9.84 Å². The van der Waals surface area contributed by atoms with Crippen LogP contribution in [-0.2, 0) is 7.05 Å². The number of hydrogen-bond donors (Lipinski definition) is 0. The molecule has 0 N–H and O–H groups in total. The molecule has 4 rings (SSSR count). The van der Waals surface area contributed by atoms with Gasteiger partial charge in [-0.2, -0.15) is 4.57 Å². The van der Waals surface area contributed by atoms with E-state index in [9.17, 15) is 9.90 Å². The van der Waals surface area contributed by atoms with Gasteiger partial charge >= 0.3 is 10.7 Å². The van der Waals surface area contributed by atoms with E-state index in [4.69, 9.17) is 16.3 Å². The van der Waals surface area contributed by atoms with Gasteiger partial charge in [-0.05, 0) is 29.5 Å². The molecule has 1 atom stereocenters. The quantitative estimate of drug-likeness (QED) is 0.492. The van der Waals surface area contributed by atoms with E-state index in [-0.39, 0.29) is 23.0 Å². The van der Waals surface area contributed by atoms with Gasteiger partial charge in [-0.1, -0.05) is 23.7 Å². The second-order valence-electron chi connectivity index (χ2n) is 5.77. The molecule has 134 valence electrons. The Morgan fingerprint density at radius 3 is 2.73 bits per heavy atom. The molecule has 3 heterocycles. The number of rotatable bonds is 3. The van der Waals surface area contributed by atoms with Crippen LogP contribution in [0.1, 0.15) is 10.9 Å². The minimum Gasteiger partial charge on any atom is -0.842 e. The molecule has 26 heavy (non-hydrogen) atoms. The van der Waals surface area contributed by atoms with Crippen molar-refractivity contribution in [1.29, 1.82) is 0 Å². The number of benzene rings is 1. The zero-order valence-electron chi connectivity index (χ0n) is 13.9. The number of aromatic nitrogens is 3. The molecule has 0 unspecified atom stereocenters. The first kappa shape index (κ1) is 17.4. The van der Waals surface area contributed by atoms with E-state index in [0.717, 1.165) is 4.88 Å². The molecule has 0 amide bonds. The van der Waals surface area contributed by atoms with Crippen LogP contribution >= 0.6 is 34.7 Å². The van der Waals surface area contributed by atoms with E-state index in [0.29, 0.717) is 26.7 Å². The fourth-order valence-corrected chi connectivity index (χ4v) is 5.43. The number of thiazole rings is 1. The molecule has 1 aromatic carbocycles. The monoisotopic (exact) mass is 407 g/mol. The summed E-state index contributed by atoms with van der Waals surface area (Å²) >= 11 is 8.80. The molecule has 0 saturated carbocycles. The first-order chi connectivity index (χ1) is 12.5. The van der Waals surface area contributed by atoms with Crippen LogP contribution in [-0.4, -0.2) is 22.4 Å². The van der Waals surface area contributed by atoms with Crippen LogP contribution in [0.2, 0.25) is 4.47 Å². The molecule has 6 nitrogen and oxygen atoms in total. The summed E-state index contributed by atoms with van der Waals surface area (Å²) in [5, 5.41) is 13.5. The van der Waals surface area contributed by atoms with Crippen molar-refractivity contribution < 1.29 is 14.4 Å². The Bertz CT molecular complexity index is 1050. The average Bonchev–Trinajstić information content (AvgIpc) is 3.27. The summed E-state index contributed by atoms with van der Waals surface area (Å²) in [6, 6.07) is 6.74. The van der Waals surface area contributed by atoms with E-state index < -0.39 is 0 Å². The van der Waals surface area contributed by atoms with Crippen molar-refractivity contribution in [2.45, 2.75) is 11.2 Å². The fraction of sp³-hybridized carbons (Fsp3) is 0.235. The normalized spacial score (nSPS) is 15.9. The summed E-state index contributed by atoms with van der Waals surface area (Å²) in [5.41, 5.74) is 0.430. The fourth-order valence-electron chi connectivity index (χ4n) is 3.02. The largest absolute Gasteiger partial charge is 0.842 e. The lowest BCUT2D eigenvalue weighted by Crippen LogP contribution is -2.43. The van der Waals surface area contributed by atoms with E-state index in [1.54, 1.807) is 49.2 Å². The molecule has 0 spiro atoms. The first-order valence-corrected chi connectivity index (χ1v) is 9.93. The van der Waals surface area contributed by atoms with Gasteiger partial charge in [0.05, 0.1) is 30.7 Å².